The number of fused-ring (bicyclic) bond motifs is 2. The summed E-state index contributed by atoms with van der Waals surface area (Å²) in [5, 5.41) is 4.12. The van der Waals surface area contributed by atoms with Gasteiger partial charge in [0.25, 0.3) is 11.8 Å². The molecule has 0 saturated heterocycles. The van der Waals surface area contributed by atoms with Gasteiger partial charge in [0.1, 0.15) is 5.84 Å². The van der Waals surface area contributed by atoms with E-state index in [9.17, 15) is 9.59 Å². The molecule has 1 heterocycles. The zero-order chi connectivity index (χ0) is 24.9. The van der Waals surface area contributed by atoms with Crippen LogP contribution in [0.4, 0.5) is 5.69 Å². The van der Waals surface area contributed by atoms with Crippen LogP contribution in [0.15, 0.2) is 112 Å². The first-order valence-electron chi connectivity index (χ1n) is 11.2. The third-order valence-electron chi connectivity index (χ3n) is 5.51. The minimum atomic E-state index is -0.431. The number of amides is 2. The van der Waals surface area contributed by atoms with Crippen molar-refractivity contribution in [3.63, 3.8) is 0 Å². The SMILES string of the molecule is O=C(NNC(=O)c1ccc2c(c1)N=C(NCc1ccc(Cl)cc1)c1ccccc1S2)c1ccccc1. The lowest BCUT2D eigenvalue weighted by molar-refractivity contribution is 0.0846. The Bertz CT molecular complexity index is 1460. The monoisotopic (exact) mass is 512 g/mol. The van der Waals surface area contributed by atoms with Crippen LogP contribution in [0.5, 0.6) is 0 Å². The third kappa shape index (κ3) is 5.43. The van der Waals surface area contributed by atoms with E-state index in [1.165, 1.54) is 0 Å². The third-order valence-corrected chi connectivity index (χ3v) is 6.91. The largest absolute Gasteiger partial charge is 0.365 e. The van der Waals surface area contributed by atoms with Gasteiger partial charge in [0.05, 0.1) is 5.69 Å². The van der Waals surface area contributed by atoms with Gasteiger partial charge in [-0.05, 0) is 54.1 Å². The van der Waals surface area contributed by atoms with Gasteiger partial charge in [-0.2, -0.15) is 0 Å². The molecule has 5 rings (SSSR count). The van der Waals surface area contributed by atoms with Crippen molar-refractivity contribution in [3.05, 3.63) is 124 Å². The molecule has 0 radical (unpaired) electrons. The Balaban J connectivity index is 1.38. The average molecular weight is 513 g/mol. The highest BCUT2D eigenvalue weighted by Gasteiger charge is 2.19. The highest BCUT2D eigenvalue weighted by atomic mass is 35.5. The Morgan fingerprint density at radius 3 is 2.22 bits per heavy atom. The van der Waals surface area contributed by atoms with Gasteiger partial charge >= 0.3 is 0 Å². The van der Waals surface area contributed by atoms with Gasteiger partial charge in [-0.25, -0.2) is 4.99 Å². The molecular weight excluding hydrogens is 492 g/mol. The molecule has 178 valence electrons. The number of hydrogen-bond acceptors (Lipinski definition) is 5. The van der Waals surface area contributed by atoms with Crippen molar-refractivity contribution in [1.82, 2.24) is 16.2 Å². The Morgan fingerprint density at radius 2 is 1.44 bits per heavy atom. The van der Waals surface area contributed by atoms with E-state index in [0.717, 1.165) is 20.9 Å². The zero-order valence-electron chi connectivity index (χ0n) is 19.0. The van der Waals surface area contributed by atoms with E-state index < -0.39 is 11.8 Å². The number of hydrazine groups is 1. The fraction of sp³-hybridized carbons (Fsp3) is 0.0357. The molecule has 8 heteroatoms. The van der Waals surface area contributed by atoms with E-state index in [1.807, 2.05) is 60.7 Å². The summed E-state index contributed by atoms with van der Waals surface area (Å²) in [4.78, 5) is 31.9. The fourth-order valence-electron chi connectivity index (χ4n) is 3.65. The molecule has 2 amide bonds. The molecule has 0 aliphatic carbocycles. The van der Waals surface area contributed by atoms with Gasteiger partial charge in [0.15, 0.2) is 0 Å². The number of carbonyl (C=O) groups is 2. The first kappa shape index (κ1) is 23.7. The van der Waals surface area contributed by atoms with Crippen LogP contribution in [0.25, 0.3) is 0 Å². The van der Waals surface area contributed by atoms with Crippen molar-refractivity contribution in [2.75, 3.05) is 0 Å². The van der Waals surface area contributed by atoms with Crippen LogP contribution >= 0.6 is 23.4 Å². The van der Waals surface area contributed by atoms with Crippen molar-refractivity contribution >= 4 is 46.7 Å². The molecule has 3 N–H and O–H groups in total. The maximum atomic E-state index is 12.8. The lowest BCUT2D eigenvalue weighted by atomic mass is 10.1. The Kier molecular flexibility index (Phi) is 7.02. The molecule has 4 aromatic carbocycles. The summed E-state index contributed by atoms with van der Waals surface area (Å²) < 4.78 is 0. The number of amidine groups is 1. The molecule has 4 aromatic rings. The molecule has 0 bridgehead atoms. The molecule has 0 spiro atoms. The molecule has 0 fully saturated rings. The van der Waals surface area contributed by atoms with Crippen molar-refractivity contribution in [3.8, 4) is 0 Å². The van der Waals surface area contributed by atoms with Crippen LogP contribution in [0, 0.1) is 0 Å². The van der Waals surface area contributed by atoms with Crippen molar-refractivity contribution < 1.29 is 9.59 Å². The van der Waals surface area contributed by atoms with E-state index in [-0.39, 0.29) is 0 Å². The van der Waals surface area contributed by atoms with E-state index >= 15 is 0 Å². The standard InChI is InChI=1S/C28H21ClN4O2S/c29-21-13-10-18(11-14-21)17-30-26-22-8-4-5-9-24(22)36-25-15-12-20(16-23(25)31-26)28(35)33-32-27(34)19-6-2-1-3-7-19/h1-16H,17H2,(H,30,31)(H,32,34)(H,33,35). The predicted octanol–water partition coefficient (Wildman–Crippen LogP) is 5.75. The smallest absolute Gasteiger partial charge is 0.269 e. The quantitative estimate of drug-likeness (QED) is 0.304. The minimum Gasteiger partial charge on any atom is -0.365 e. The number of benzene rings is 4. The molecule has 6 nitrogen and oxygen atoms in total. The maximum absolute atomic E-state index is 12.8. The Hall–Kier alpha value is -4.07. The van der Waals surface area contributed by atoms with Gasteiger partial charge in [0.2, 0.25) is 0 Å². The van der Waals surface area contributed by atoms with E-state index in [1.54, 1.807) is 48.2 Å². The van der Waals surface area contributed by atoms with Crippen molar-refractivity contribution in [2.45, 2.75) is 16.3 Å². The summed E-state index contributed by atoms with van der Waals surface area (Å²) in [6, 6.07) is 29.7. The van der Waals surface area contributed by atoms with Crippen molar-refractivity contribution in [1.29, 1.82) is 0 Å². The first-order chi connectivity index (χ1) is 17.6. The number of hydrogen-bond donors (Lipinski definition) is 3. The number of halogens is 1. The van der Waals surface area contributed by atoms with Crippen LogP contribution in [0.3, 0.4) is 0 Å². The molecular formula is C28H21ClN4O2S. The molecule has 0 saturated carbocycles. The Labute approximate surface area is 217 Å². The lowest BCUT2D eigenvalue weighted by Crippen LogP contribution is -2.41. The topological polar surface area (TPSA) is 82.6 Å². The highest BCUT2D eigenvalue weighted by molar-refractivity contribution is 7.99. The van der Waals surface area contributed by atoms with E-state index in [0.29, 0.717) is 34.2 Å². The van der Waals surface area contributed by atoms with Gasteiger partial charge in [0, 0.05) is 38.0 Å². The molecule has 0 unspecified atom stereocenters. The second-order valence-electron chi connectivity index (χ2n) is 8.00. The molecule has 1 aliphatic heterocycles. The zero-order valence-corrected chi connectivity index (χ0v) is 20.6. The average Bonchev–Trinajstić information content (AvgIpc) is 3.07. The number of aliphatic imine (C=N–C) groups is 1. The number of nitrogens with one attached hydrogen (secondary N) is 3. The fourth-order valence-corrected chi connectivity index (χ4v) is 4.78. The molecule has 1 aliphatic rings. The van der Waals surface area contributed by atoms with Crippen LogP contribution in [-0.2, 0) is 6.54 Å². The normalized spacial score (nSPS) is 11.9. The van der Waals surface area contributed by atoms with Gasteiger partial charge < -0.3 is 5.32 Å². The summed E-state index contributed by atoms with van der Waals surface area (Å²) in [5.74, 6) is -0.113. The van der Waals surface area contributed by atoms with E-state index in [2.05, 4.69) is 16.2 Å². The summed E-state index contributed by atoms with van der Waals surface area (Å²) in [6.07, 6.45) is 0. The van der Waals surface area contributed by atoms with Crippen LogP contribution in [-0.4, -0.2) is 17.6 Å². The van der Waals surface area contributed by atoms with Gasteiger partial charge in [-0.15, -0.1) is 0 Å². The number of nitrogens with zero attached hydrogens (tertiary/aromatic N) is 1. The summed E-state index contributed by atoms with van der Waals surface area (Å²) in [7, 11) is 0. The van der Waals surface area contributed by atoms with Crippen molar-refractivity contribution in [2.24, 2.45) is 4.99 Å². The minimum absolute atomic E-state index is 0.384. The second-order valence-corrected chi connectivity index (χ2v) is 9.52. The second kappa shape index (κ2) is 10.7. The predicted molar refractivity (Wildman–Crippen MR) is 143 cm³/mol. The van der Waals surface area contributed by atoms with Gasteiger partial charge in [-0.3, -0.25) is 20.4 Å². The molecule has 36 heavy (non-hydrogen) atoms. The van der Waals surface area contributed by atoms with Gasteiger partial charge in [-0.1, -0.05) is 71.9 Å². The summed E-state index contributed by atoms with van der Waals surface area (Å²) in [5.41, 5.74) is 8.48. The van der Waals surface area contributed by atoms with E-state index in [4.69, 9.17) is 16.6 Å². The lowest BCUT2D eigenvalue weighted by Gasteiger charge is -2.11. The number of carbonyl (C=O) groups excluding carboxylic acids is 2. The summed E-state index contributed by atoms with van der Waals surface area (Å²) >= 11 is 7.61. The first-order valence-corrected chi connectivity index (χ1v) is 12.4. The maximum Gasteiger partial charge on any atom is 0.269 e. The summed E-state index contributed by atoms with van der Waals surface area (Å²) in [6.45, 7) is 0.566. The molecule has 0 atom stereocenters. The number of rotatable bonds is 4. The van der Waals surface area contributed by atoms with Crippen LogP contribution in [0.2, 0.25) is 5.02 Å². The van der Waals surface area contributed by atoms with Crippen LogP contribution < -0.4 is 16.2 Å². The highest BCUT2D eigenvalue weighted by Crippen LogP contribution is 2.40. The van der Waals surface area contributed by atoms with Crippen LogP contribution in [0.1, 0.15) is 31.8 Å². The molecule has 0 aromatic heterocycles. The Morgan fingerprint density at radius 1 is 0.750 bits per heavy atom.